The molecule has 0 spiro atoms. The third-order valence-corrected chi connectivity index (χ3v) is 4.24. The molecule has 1 aromatic rings. The van der Waals surface area contributed by atoms with Gasteiger partial charge in [0, 0.05) is 6.54 Å². The molecule has 1 fully saturated rings. The minimum atomic E-state index is -0.00108. The van der Waals surface area contributed by atoms with E-state index in [2.05, 4.69) is 6.58 Å². The van der Waals surface area contributed by atoms with Gasteiger partial charge in [0.15, 0.2) is 0 Å². The molecule has 0 saturated carbocycles. The number of nitrogens with zero attached hydrogens (tertiary/aromatic N) is 1. The van der Waals surface area contributed by atoms with Crippen molar-refractivity contribution in [1.29, 1.82) is 0 Å². The summed E-state index contributed by atoms with van der Waals surface area (Å²) in [7, 11) is 0. The summed E-state index contributed by atoms with van der Waals surface area (Å²) >= 11 is 6.60. The summed E-state index contributed by atoms with van der Waals surface area (Å²) < 4.78 is 6.07. The Morgan fingerprint density at radius 3 is 2.71 bits per heavy atom. The number of carbonyl (C=O) groups is 1. The highest BCUT2D eigenvalue weighted by Gasteiger charge is 2.30. The van der Waals surface area contributed by atoms with Gasteiger partial charge in [0.05, 0.1) is 4.91 Å². The van der Waals surface area contributed by atoms with Crippen LogP contribution in [0.2, 0.25) is 0 Å². The fourth-order valence-corrected chi connectivity index (χ4v) is 3.19. The maximum absolute atomic E-state index is 12.2. The first-order valence-corrected chi connectivity index (χ1v) is 7.97. The first kappa shape index (κ1) is 15.8. The van der Waals surface area contributed by atoms with Crippen molar-refractivity contribution in [1.82, 2.24) is 4.90 Å². The van der Waals surface area contributed by atoms with Crippen LogP contribution in [0.15, 0.2) is 41.8 Å². The molecule has 2 rings (SSSR count). The number of benzene rings is 1. The summed E-state index contributed by atoms with van der Waals surface area (Å²) in [5.41, 5.74) is 0.956. The van der Waals surface area contributed by atoms with E-state index in [1.807, 2.05) is 37.3 Å². The number of rotatable bonds is 6. The molecular weight excluding hydrogens is 302 g/mol. The van der Waals surface area contributed by atoms with E-state index in [0.717, 1.165) is 17.7 Å². The van der Waals surface area contributed by atoms with Gasteiger partial charge in [-0.05, 0) is 30.2 Å². The third-order valence-electron chi connectivity index (χ3n) is 2.87. The van der Waals surface area contributed by atoms with Gasteiger partial charge in [-0.3, -0.25) is 9.69 Å². The standard InChI is InChI=1S/C16H17NO2S2/c1-3-9-17-15(18)14(21-16(17)20)11-12-5-7-13(8-6-12)19-10-4-2/h4-8,11H,2-3,9-10H2,1H3/b14-11-. The second-order valence-corrected chi connectivity index (χ2v) is 6.18. The molecule has 110 valence electrons. The van der Waals surface area contributed by atoms with Crippen LogP contribution in [-0.2, 0) is 4.79 Å². The normalized spacial score (nSPS) is 16.6. The molecule has 0 unspecified atom stereocenters. The van der Waals surface area contributed by atoms with Crippen molar-refractivity contribution in [2.75, 3.05) is 13.2 Å². The molecule has 1 aliphatic heterocycles. The molecule has 1 aromatic carbocycles. The maximum Gasteiger partial charge on any atom is 0.266 e. The average Bonchev–Trinajstić information content (AvgIpc) is 2.75. The zero-order valence-electron chi connectivity index (χ0n) is 11.9. The van der Waals surface area contributed by atoms with Gasteiger partial charge in [0.25, 0.3) is 5.91 Å². The lowest BCUT2D eigenvalue weighted by atomic mass is 10.2. The molecule has 5 heteroatoms. The van der Waals surface area contributed by atoms with Crippen LogP contribution in [0.4, 0.5) is 0 Å². The lowest BCUT2D eigenvalue weighted by Crippen LogP contribution is -2.28. The van der Waals surface area contributed by atoms with Gasteiger partial charge in [0.1, 0.15) is 16.7 Å². The van der Waals surface area contributed by atoms with Crippen molar-refractivity contribution in [2.24, 2.45) is 0 Å². The number of ether oxygens (including phenoxy) is 1. The molecule has 1 heterocycles. The Bertz CT molecular complexity index is 578. The topological polar surface area (TPSA) is 29.5 Å². The van der Waals surface area contributed by atoms with Gasteiger partial charge >= 0.3 is 0 Å². The van der Waals surface area contributed by atoms with E-state index < -0.39 is 0 Å². The largest absolute Gasteiger partial charge is 0.490 e. The van der Waals surface area contributed by atoms with E-state index in [1.165, 1.54) is 11.8 Å². The minimum absolute atomic E-state index is 0.00108. The monoisotopic (exact) mass is 319 g/mol. The van der Waals surface area contributed by atoms with Crippen molar-refractivity contribution in [2.45, 2.75) is 13.3 Å². The first-order chi connectivity index (χ1) is 10.2. The predicted molar refractivity (Wildman–Crippen MR) is 92.3 cm³/mol. The Balaban J connectivity index is 2.11. The second kappa shape index (κ2) is 7.43. The van der Waals surface area contributed by atoms with Gasteiger partial charge < -0.3 is 4.74 Å². The van der Waals surface area contributed by atoms with Crippen molar-refractivity contribution in [3.05, 3.63) is 47.4 Å². The summed E-state index contributed by atoms with van der Waals surface area (Å²) in [5.74, 6) is 0.782. The van der Waals surface area contributed by atoms with Crippen molar-refractivity contribution in [3.8, 4) is 5.75 Å². The highest BCUT2D eigenvalue weighted by Crippen LogP contribution is 2.32. The molecule has 0 radical (unpaired) electrons. The van der Waals surface area contributed by atoms with Crippen molar-refractivity contribution in [3.63, 3.8) is 0 Å². The van der Waals surface area contributed by atoms with E-state index in [-0.39, 0.29) is 5.91 Å². The van der Waals surface area contributed by atoms with Crippen LogP contribution < -0.4 is 4.74 Å². The number of amides is 1. The highest BCUT2D eigenvalue weighted by atomic mass is 32.2. The van der Waals surface area contributed by atoms with Crippen molar-refractivity contribution >= 4 is 40.3 Å². The SMILES string of the molecule is C=CCOc1ccc(/C=C2\SC(=S)N(CCC)C2=O)cc1. The molecule has 0 N–H and O–H groups in total. The minimum Gasteiger partial charge on any atom is -0.490 e. The van der Waals surface area contributed by atoms with Crippen molar-refractivity contribution < 1.29 is 9.53 Å². The number of thiocarbonyl (C=S) groups is 1. The Morgan fingerprint density at radius 2 is 2.10 bits per heavy atom. The molecule has 1 aliphatic rings. The lowest BCUT2D eigenvalue weighted by Gasteiger charge is -2.11. The average molecular weight is 319 g/mol. The molecule has 3 nitrogen and oxygen atoms in total. The van der Waals surface area contributed by atoms with E-state index >= 15 is 0 Å². The van der Waals surface area contributed by atoms with Gasteiger partial charge in [-0.2, -0.15) is 0 Å². The Morgan fingerprint density at radius 1 is 1.38 bits per heavy atom. The van der Waals surface area contributed by atoms with Gasteiger partial charge in [-0.1, -0.05) is 55.7 Å². The molecular formula is C16H17NO2S2. The summed E-state index contributed by atoms with van der Waals surface area (Å²) in [5, 5.41) is 0. The molecule has 21 heavy (non-hydrogen) atoms. The summed E-state index contributed by atoms with van der Waals surface area (Å²) in [6.45, 7) is 6.80. The number of thioether (sulfide) groups is 1. The predicted octanol–water partition coefficient (Wildman–Crippen LogP) is 3.86. The molecule has 1 saturated heterocycles. The molecule has 0 aromatic heterocycles. The molecule has 0 aliphatic carbocycles. The van der Waals surface area contributed by atoms with Gasteiger partial charge in [-0.25, -0.2) is 0 Å². The number of hydrogen-bond acceptors (Lipinski definition) is 4. The fourth-order valence-electron chi connectivity index (χ4n) is 1.88. The third kappa shape index (κ3) is 3.95. The van der Waals surface area contributed by atoms with Crippen LogP contribution in [0.3, 0.4) is 0 Å². The zero-order chi connectivity index (χ0) is 15.2. The Kier molecular flexibility index (Phi) is 5.59. The van der Waals surface area contributed by atoms with Crippen LogP contribution in [0.5, 0.6) is 5.75 Å². The lowest BCUT2D eigenvalue weighted by molar-refractivity contribution is -0.122. The fraction of sp³-hybridized carbons (Fsp3) is 0.250. The van der Waals surface area contributed by atoms with E-state index in [4.69, 9.17) is 17.0 Å². The van der Waals surface area contributed by atoms with Crippen LogP contribution in [0.1, 0.15) is 18.9 Å². The summed E-state index contributed by atoms with van der Waals surface area (Å²) in [4.78, 5) is 14.6. The van der Waals surface area contributed by atoms with E-state index in [9.17, 15) is 4.79 Å². The highest BCUT2D eigenvalue weighted by molar-refractivity contribution is 8.26. The van der Waals surface area contributed by atoms with Crippen LogP contribution in [0.25, 0.3) is 6.08 Å². The number of carbonyl (C=O) groups excluding carboxylic acids is 1. The molecule has 0 bridgehead atoms. The summed E-state index contributed by atoms with van der Waals surface area (Å²) in [6, 6.07) is 7.60. The quantitative estimate of drug-likeness (QED) is 0.452. The molecule has 0 atom stereocenters. The first-order valence-electron chi connectivity index (χ1n) is 6.75. The van der Waals surface area contributed by atoms with E-state index in [1.54, 1.807) is 11.0 Å². The molecule has 1 amide bonds. The Labute approximate surface area is 134 Å². The van der Waals surface area contributed by atoms with Gasteiger partial charge in [0.2, 0.25) is 0 Å². The second-order valence-electron chi connectivity index (χ2n) is 4.50. The van der Waals surface area contributed by atoms with E-state index in [0.29, 0.717) is 22.4 Å². The summed E-state index contributed by atoms with van der Waals surface area (Å²) in [6.07, 6.45) is 4.47. The maximum atomic E-state index is 12.2. The smallest absolute Gasteiger partial charge is 0.266 e. The Hall–Kier alpha value is -1.59. The van der Waals surface area contributed by atoms with Crippen LogP contribution >= 0.6 is 24.0 Å². The van der Waals surface area contributed by atoms with Gasteiger partial charge in [-0.15, -0.1) is 0 Å². The zero-order valence-corrected chi connectivity index (χ0v) is 13.5. The number of hydrogen-bond donors (Lipinski definition) is 0. The van der Waals surface area contributed by atoms with Crippen LogP contribution in [0, 0.1) is 0 Å². The van der Waals surface area contributed by atoms with Crippen LogP contribution in [-0.4, -0.2) is 28.3 Å².